The van der Waals surface area contributed by atoms with Crippen molar-refractivity contribution in [2.75, 3.05) is 13.2 Å². The number of hydrogen-bond donors (Lipinski definition) is 1. The molecule has 0 saturated heterocycles. The molecule has 0 fully saturated rings. The lowest BCUT2D eigenvalue weighted by Gasteiger charge is -2.18. The summed E-state index contributed by atoms with van der Waals surface area (Å²) >= 11 is 0. The molecule has 0 heterocycles. The van der Waals surface area contributed by atoms with Gasteiger partial charge in [-0.15, -0.1) is 0 Å². The van der Waals surface area contributed by atoms with E-state index in [0.717, 1.165) is 6.07 Å². The second-order valence-electron chi connectivity index (χ2n) is 3.79. The molecule has 1 unspecified atom stereocenters. The van der Waals surface area contributed by atoms with Crippen LogP contribution in [-0.4, -0.2) is 19.1 Å². The standard InChI is InChI=1S/C13H17F2NO2/c1-3-16-12(8-13(17)18-4-2)10-6-5-9(14)7-11(10)15/h5-7,12,16H,3-4,8H2,1-2H3. The molecule has 1 rings (SSSR count). The van der Waals surface area contributed by atoms with Crippen molar-refractivity contribution in [1.82, 2.24) is 5.32 Å². The Morgan fingerprint density at radius 2 is 2.11 bits per heavy atom. The highest BCUT2D eigenvalue weighted by Gasteiger charge is 2.19. The maximum atomic E-state index is 13.6. The Kier molecular flexibility index (Phi) is 5.71. The van der Waals surface area contributed by atoms with Gasteiger partial charge in [0.1, 0.15) is 11.6 Å². The molecule has 0 aliphatic rings. The van der Waals surface area contributed by atoms with Gasteiger partial charge in [-0.1, -0.05) is 13.0 Å². The molecule has 0 aliphatic heterocycles. The monoisotopic (exact) mass is 257 g/mol. The van der Waals surface area contributed by atoms with Gasteiger partial charge >= 0.3 is 5.97 Å². The van der Waals surface area contributed by atoms with Gasteiger partial charge in [0.05, 0.1) is 13.0 Å². The number of hydrogen-bond acceptors (Lipinski definition) is 3. The topological polar surface area (TPSA) is 38.3 Å². The van der Waals surface area contributed by atoms with Gasteiger partial charge in [-0.3, -0.25) is 4.79 Å². The summed E-state index contributed by atoms with van der Waals surface area (Å²) in [5.74, 6) is -1.71. The second kappa shape index (κ2) is 7.06. The molecule has 3 nitrogen and oxygen atoms in total. The van der Waals surface area contributed by atoms with Crippen LogP contribution in [0, 0.1) is 11.6 Å². The molecule has 18 heavy (non-hydrogen) atoms. The van der Waals surface area contributed by atoms with Crippen molar-refractivity contribution < 1.29 is 18.3 Å². The molecule has 0 aromatic heterocycles. The van der Waals surface area contributed by atoms with E-state index in [-0.39, 0.29) is 18.6 Å². The van der Waals surface area contributed by atoms with Gasteiger partial charge in [0, 0.05) is 17.7 Å². The van der Waals surface area contributed by atoms with Gasteiger partial charge in [0.25, 0.3) is 0 Å². The smallest absolute Gasteiger partial charge is 0.307 e. The van der Waals surface area contributed by atoms with E-state index in [1.807, 2.05) is 6.92 Å². The molecular weight excluding hydrogens is 240 g/mol. The Balaban J connectivity index is 2.86. The van der Waals surface area contributed by atoms with Crippen molar-refractivity contribution in [2.24, 2.45) is 0 Å². The summed E-state index contributed by atoms with van der Waals surface area (Å²) in [6.45, 7) is 4.41. The van der Waals surface area contributed by atoms with E-state index in [4.69, 9.17) is 4.74 Å². The summed E-state index contributed by atoms with van der Waals surface area (Å²) in [6, 6.07) is 2.82. The Hall–Kier alpha value is -1.49. The Morgan fingerprint density at radius 1 is 1.39 bits per heavy atom. The van der Waals surface area contributed by atoms with E-state index in [1.54, 1.807) is 6.92 Å². The third-order valence-corrected chi connectivity index (χ3v) is 2.46. The molecule has 0 aliphatic carbocycles. The summed E-state index contributed by atoms with van der Waals surface area (Å²) in [7, 11) is 0. The maximum Gasteiger partial charge on any atom is 0.307 e. The zero-order valence-corrected chi connectivity index (χ0v) is 10.5. The number of rotatable bonds is 6. The molecule has 0 amide bonds. The van der Waals surface area contributed by atoms with E-state index in [9.17, 15) is 13.6 Å². The average Bonchev–Trinajstić information content (AvgIpc) is 2.29. The minimum atomic E-state index is -0.662. The number of esters is 1. The average molecular weight is 257 g/mol. The van der Waals surface area contributed by atoms with Crippen LogP contribution in [0.15, 0.2) is 18.2 Å². The van der Waals surface area contributed by atoms with Crippen LogP contribution in [-0.2, 0) is 9.53 Å². The summed E-state index contributed by atoms with van der Waals surface area (Å²) in [5, 5.41) is 2.99. The predicted octanol–water partition coefficient (Wildman–Crippen LogP) is 2.57. The predicted molar refractivity (Wildman–Crippen MR) is 64.0 cm³/mol. The number of carbonyl (C=O) groups excluding carboxylic acids is 1. The van der Waals surface area contributed by atoms with Crippen molar-refractivity contribution in [2.45, 2.75) is 26.3 Å². The fourth-order valence-electron chi connectivity index (χ4n) is 1.71. The largest absolute Gasteiger partial charge is 0.466 e. The SMILES string of the molecule is CCNC(CC(=O)OCC)c1ccc(F)cc1F. The Labute approximate surface area is 105 Å². The van der Waals surface area contributed by atoms with Crippen LogP contribution in [0.2, 0.25) is 0 Å². The van der Waals surface area contributed by atoms with Crippen molar-refractivity contribution in [3.05, 3.63) is 35.4 Å². The number of nitrogens with one attached hydrogen (secondary N) is 1. The van der Waals surface area contributed by atoms with Crippen LogP contribution in [0.1, 0.15) is 31.9 Å². The molecule has 100 valence electrons. The van der Waals surface area contributed by atoms with Gasteiger partial charge in [-0.05, 0) is 19.5 Å². The molecule has 0 spiro atoms. The minimum absolute atomic E-state index is 0.0181. The van der Waals surface area contributed by atoms with E-state index < -0.39 is 23.6 Å². The lowest BCUT2D eigenvalue weighted by Crippen LogP contribution is -2.25. The van der Waals surface area contributed by atoms with Crippen molar-refractivity contribution >= 4 is 5.97 Å². The fraction of sp³-hybridized carbons (Fsp3) is 0.462. The zero-order chi connectivity index (χ0) is 13.5. The minimum Gasteiger partial charge on any atom is -0.466 e. The highest BCUT2D eigenvalue weighted by Crippen LogP contribution is 2.21. The first-order valence-electron chi connectivity index (χ1n) is 5.92. The van der Waals surface area contributed by atoms with E-state index in [0.29, 0.717) is 6.54 Å². The van der Waals surface area contributed by atoms with Crippen LogP contribution >= 0.6 is 0 Å². The molecular formula is C13H17F2NO2. The first kappa shape index (κ1) is 14.6. The molecule has 5 heteroatoms. The van der Waals surface area contributed by atoms with Gasteiger partial charge < -0.3 is 10.1 Å². The first-order chi connectivity index (χ1) is 8.58. The van der Waals surface area contributed by atoms with E-state index in [1.165, 1.54) is 12.1 Å². The van der Waals surface area contributed by atoms with Crippen LogP contribution < -0.4 is 5.32 Å². The molecule has 0 bridgehead atoms. The molecule has 1 N–H and O–H groups in total. The summed E-state index contributed by atoms with van der Waals surface area (Å²) in [4.78, 5) is 11.4. The van der Waals surface area contributed by atoms with Crippen LogP contribution in [0.4, 0.5) is 8.78 Å². The Bertz CT molecular complexity index is 410. The van der Waals surface area contributed by atoms with Crippen molar-refractivity contribution in [3.63, 3.8) is 0 Å². The quantitative estimate of drug-likeness (QED) is 0.796. The summed E-state index contributed by atoms with van der Waals surface area (Å²) < 4.78 is 31.3. The van der Waals surface area contributed by atoms with Crippen LogP contribution in [0.3, 0.4) is 0 Å². The van der Waals surface area contributed by atoms with Crippen molar-refractivity contribution in [3.8, 4) is 0 Å². The molecule has 1 aromatic rings. The lowest BCUT2D eigenvalue weighted by molar-refractivity contribution is -0.143. The van der Waals surface area contributed by atoms with E-state index >= 15 is 0 Å². The lowest BCUT2D eigenvalue weighted by atomic mass is 10.0. The van der Waals surface area contributed by atoms with Crippen LogP contribution in [0.5, 0.6) is 0 Å². The molecule has 1 aromatic carbocycles. The van der Waals surface area contributed by atoms with Gasteiger partial charge in [0.15, 0.2) is 0 Å². The number of halogens is 2. The van der Waals surface area contributed by atoms with Gasteiger partial charge in [0.2, 0.25) is 0 Å². The highest BCUT2D eigenvalue weighted by molar-refractivity contribution is 5.70. The molecule has 0 radical (unpaired) electrons. The van der Waals surface area contributed by atoms with Crippen molar-refractivity contribution in [1.29, 1.82) is 0 Å². The fourth-order valence-corrected chi connectivity index (χ4v) is 1.71. The maximum absolute atomic E-state index is 13.6. The number of carbonyl (C=O) groups is 1. The number of benzene rings is 1. The van der Waals surface area contributed by atoms with Crippen LogP contribution in [0.25, 0.3) is 0 Å². The third-order valence-electron chi connectivity index (χ3n) is 2.46. The summed E-state index contributed by atoms with van der Waals surface area (Å²) in [6.07, 6.45) is 0.0181. The van der Waals surface area contributed by atoms with Gasteiger partial charge in [-0.2, -0.15) is 0 Å². The molecule has 0 saturated carbocycles. The first-order valence-corrected chi connectivity index (χ1v) is 5.92. The summed E-state index contributed by atoms with van der Waals surface area (Å²) in [5.41, 5.74) is 0.270. The van der Waals surface area contributed by atoms with E-state index in [2.05, 4.69) is 5.32 Å². The molecule has 1 atom stereocenters. The zero-order valence-electron chi connectivity index (χ0n) is 10.5. The normalized spacial score (nSPS) is 12.2. The highest BCUT2D eigenvalue weighted by atomic mass is 19.1. The van der Waals surface area contributed by atoms with Gasteiger partial charge in [-0.25, -0.2) is 8.78 Å². The number of ether oxygens (including phenoxy) is 1. The third kappa shape index (κ3) is 4.07. The second-order valence-corrected chi connectivity index (χ2v) is 3.79. The Morgan fingerprint density at radius 3 is 2.67 bits per heavy atom.